The molecule has 1 rings (SSSR count). The standard InChI is InChI=1S/C7H9NO2S2/c1-11(8)12(9,10)7-5-3-2-4-6-7/h2-6,8H,1H3. The molecule has 0 radical (unpaired) electrons. The molecule has 1 N–H and O–H groups in total. The van der Waals surface area contributed by atoms with Gasteiger partial charge in [0.25, 0.3) is 0 Å². The minimum atomic E-state index is -3.38. The second-order valence-electron chi connectivity index (χ2n) is 2.22. The SMILES string of the molecule is CS(=N)S(=O)(=O)c1ccccc1. The van der Waals surface area contributed by atoms with Crippen molar-refractivity contribution in [1.29, 1.82) is 4.78 Å². The number of hydrogen-bond acceptors (Lipinski definition) is 3. The number of benzene rings is 1. The maximum absolute atomic E-state index is 11.4. The van der Waals surface area contributed by atoms with Crippen LogP contribution < -0.4 is 0 Å². The summed E-state index contributed by atoms with van der Waals surface area (Å²) in [5.74, 6) is 0. The number of nitrogens with one attached hydrogen (secondary N) is 1. The monoisotopic (exact) mass is 203 g/mol. The maximum Gasteiger partial charge on any atom is 0.238 e. The average molecular weight is 203 g/mol. The molecule has 1 aromatic rings. The highest BCUT2D eigenvalue weighted by Gasteiger charge is 2.14. The molecule has 0 amide bonds. The summed E-state index contributed by atoms with van der Waals surface area (Å²) in [6, 6.07) is 8.07. The zero-order valence-corrected chi connectivity index (χ0v) is 8.15. The summed E-state index contributed by atoms with van der Waals surface area (Å²) >= 11 is 0. The minimum Gasteiger partial charge on any atom is -0.266 e. The summed E-state index contributed by atoms with van der Waals surface area (Å²) in [6.45, 7) is 0. The predicted octanol–water partition coefficient (Wildman–Crippen LogP) is 1.39. The molecule has 12 heavy (non-hydrogen) atoms. The van der Waals surface area contributed by atoms with Crippen molar-refractivity contribution in [2.75, 3.05) is 6.26 Å². The zero-order valence-electron chi connectivity index (χ0n) is 6.52. The molecule has 0 spiro atoms. The first kappa shape index (κ1) is 9.41. The highest BCUT2D eigenvalue weighted by Crippen LogP contribution is 2.12. The molecule has 0 bridgehead atoms. The first-order chi connectivity index (χ1) is 5.55. The Hall–Kier alpha value is -0.680. The van der Waals surface area contributed by atoms with E-state index in [1.807, 2.05) is 0 Å². The van der Waals surface area contributed by atoms with E-state index in [9.17, 15) is 8.42 Å². The second-order valence-corrected chi connectivity index (χ2v) is 7.33. The van der Waals surface area contributed by atoms with Gasteiger partial charge in [0.05, 0.1) is 4.90 Å². The molecule has 3 nitrogen and oxygen atoms in total. The Bertz CT molecular complexity index is 383. The molecule has 0 aliphatic carbocycles. The molecule has 1 aromatic carbocycles. The second kappa shape index (κ2) is 3.37. The van der Waals surface area contributed by atoms with Crippen molar-refractivity contribution in [3.63, 3.8) is 0 Å². The third kappa shape index (κ3) is 1.73. The van der Waals surface area contributed by atoms with Gasteiger partial charge >= 0.3 is 0 Å². The Morgan fingerprint density at radius 3 is 2.17 bits per heavy atom. The topological polar surface area (TPSA) is 58.0 Å². The smallest absolute Gasteiger partial charge is 0.238 e. The lowest BCUT2D eigenvalue weighted by molar-refractivity contribution is 0.610. The first-order valence-electron chi connectivity index (χ1n) is 3.23. The molecule has 0 aliphatic rings. The molecule has 0 fully saturated rings. The molecule has 5 heteroatoms. The molecule has 0 saturated heterocycles. The van der Waals surface area contributed by atoms with Crippen molar-refractivity contribution < 1.29 is 8.42 Å². The van der Waals surface area contributed by atoms with E-state index in [1.54, 1.807) is 18.2 Å². The van der Waals surface area contributed by atoms with Crippen LogP contribution in [0.3, 0.4) is 0 Å². The fourth-order valence-corrected chi connectivity index (χ4v) is 2.71. The van der Waals surface area contributed by atoms with Crippen molar-refractivity contribution in [1.82, 2.24) is 0 Å². The Morgan fingerprint density at radius 1 is 1.25 bits per heavy atom. The van der Waals surface area contributed by atoms with Crippen LogP contribution in [0.4, 0.5) is 0 Å². The van der Waals surface area contributed by atoms with Gasteiger partial charge in [0, 0.05) is 16.0 Å². The molecule has 66 valence electrons. The van der Waals surface area contributed by atoms with E-state index in [0.717, 1.165) is 0 Å². The summed E-state index contributed by atoms with van der Waals surface area (Å²) in [6.07, 6.45) is 1.38. The quantitative estimate of drug-likeness (QED) is 0.738. The van der Waals surface area contributed by atoms with Gasteiger partial charge in [0.15, 0.2) is 0 Å². The van der Waals surface area contributed by atoms with Gasteiger partial charge in [-0.2, -0.15) is 0 Å². The minimum absolute atomic E-state index is 0.228. The largest absolute Gasteiger partial charge is 0.266 e. The molecule has 1 atom stereocenters. The van der Waals surface area contributed by atoms with Crippen LogP contribution >= 0.6 is 0 Å². The summed E-state index contributed by atoms with van der Waals surface area (Å²) in [5.41, 5.74) is 0. The van der Waals surface area contributed by atoms with Crippen LogP contribution in [-0.2, 0) is 18.6 Å². The maximum atomic E-state index is 11.4. The van der Waals surface area contributed by atoms with Crippen LogP contribution in [0.25, 0.3) is 0 Å². The van der Waals surface area contributed by atoms with Crippen LogP contribution in [0.2, 0.25) is 0 Å². The number of rotatable bonds is 2. The molecular formula is C7H9NO2S2. The Balaban J connectivity index is 3.26. The van der Waals surface area contributed by atoms with E-state index in [-0.39, 0.29) is 4.90 Å². The molecule has 0 aliphatic heterocycles. The third-order valence-electron chi connectivity index (χ3n) is 1.36. The molecule has 0 heterocycles. The van der Waals surface area contributed by atoms with Gasteiger partial charge in [-0.1, -0.05) is 18.2 Å². The molecule has 1 unspecified atom stereocenters. The highest BCUT2D eigenvalue weighted by atomic mass is 33.2. The van der Waals surface area contributed by atoms with Crippen molar-refractivity contribution in [2.24, 2.45) is 0 Å². The highest BCUT2D eigenvalue weighted by molar-refractivity contribution is 8.64. The van der Waals surface area contributed by atoms with Gasteiger partial charge in [-0.05, 0) is 12.1 Å². The van der Waals surface area contributed by atoms with Gasteiger partial charge in [-0.3, -0.25) is 4.78 Å². The fourth-order valence-electron chi connectivity index (χ4n) is 0.731. The average Bonchev–Trinajstić information content (AvgIpc) is 2.06. The van der Waals surface area contributed by atoms with Gasteiger partial charge in [0.2, 0.25) is 8.87 Å². The lowest BCUT2D eigenvalue weighted by atomic mass is 10.4. The van der Waals surface area contributed by atoms with Crippen LogP contribution in [-0.4, -0.2) is 14.7 Å². The summed E-state index contributed by atoms with van der Waals surface area (Å²) in [4.78, 5) is 0.228. The van der Waals surface area contributed by atoms with Crippen molar-refractivity contribution in [3.05, 3.63) is 30.3 Å². The van der Waals surface area contributed by atoms with Crippen LogP contribution in [0, 0.1) is 4.78 Å². The van der Waals surface area contributed by atoms with Crippen molar-refractivity contribution >= 4 is 18.6 Å². The van der Waals surface area contributed by atoms with Crippen molar-refractivity contribution in [3.8, 4) is 0 Å². The molecule has 0 aromatic heterocycles. The lowest BCUT2D eigenvalue weighted by Gasteiger charge is -2.00. The Labute approximate surface area is 73.6 Å². The molecular weight excluding hydrogens is 194 g/mol. The van der Waals surface area contributed by atoms with E-state index in [0.29, 0.717) is 0 Å². The summed E-state index contributed by atoms with van der Waals surface area (Å²) in [7, 11) is -4.74. The first-order valence-corrected chi connectivity index (χ1v) is 6.86. The summed E-state index contributed by atoms with van der Waals surface area (Å²) in [5, 5.41) is 0. The van der Waals surface area contributed by atoms with Crippen LogP contribution in [0.5, 0.6) is 0 Å². The Kier molecular flexibility index (Phi) is 2.64. The van der Waals surface area contributed by atoms with E-state index >= 15 is 0 Å². The van der Waals surface area contributed by atoms with Crippen LogP contribution in [0.15, 0.2) is 35.2 Å². The third-order valence-corrected chi connectivity index (χ3v) is 5.42. The fraction of sp³-hybridized carbons (Fsp3) is 0.143. The van der Waals surface area contributed by atoms with E-state index in [4.69, 9.17) is 4.78 Å². The predicted molar refractivity (Wildman–Crippen MR) is 49.6 cm³/mol. The van der Waals surface area contributed by atoms with Gasteiger partial charge in [-0.25, -0.2) is 8.42 Å². The normalized spacial score (nSPS) is 14.1. The van der Waals surface area contributed by atoms with Crippen molar-refractivity contribution in [2.45, 2.75) is 4.90 Å². The lowest BCUT2D eigenvalue weighted by Crippen LogP contribution is -2.05. The van der Waals surface area contributed by atoms with E-state index < -0.39 is 18.6 Å². The zero-order chi connectivity index (χ0) is 9.19. The Morgan fingerprint density at radius 2 is 1.75 bits per heavy atom. The van der Waals surface area contributed by atoms with Gasteiger partial charge in [0.1, 0.15) is 0 Å². The van der Waals surface area contributed by atoms with Gasteiger partial charge in [-0.15, -0.1) is 0 Å². The van der Waals surface area contributed by atoms with Gasteiger partial charge < -0.3 is 0 Å². The number of hydrogen-bond donors (Lipinski definition) is 1. The molecule has 0 saturated carbocycles. The van der Waals surface area contributed by atoms with Crippen LogP contribution in [0.1, 0.15) is 0 Å². The van der Waals surface area contributed by atoms with E-state index in [2.05, 4.69) is 0 Å². The van der Waals surface area contributed by atoms with E-state index in [1.165, 1.54) is 18.4 Å². The summed E-state index contributed by atoms with van der Waals surface area (Å²) < 4.78 is 29.9.